The Morgan fingerprint density at radius 2 is 1.79 bits per heavy atom. The Bertz CT molecular complexity index is 1030. The molecule has 0 bridgehead atoms. The average molecular weight is 485 g/mol. The molecule has 3 rings (SSSR count). The summed E-state index contributed by atoms with van der Waals surface area (Å²) in [5.41, 5.74) is 1.24. The van der Waals surface area contributed by atoms with Crippen molar-refractivity contribution in [3.05, 3.63) is 70.3 Å². The number of carbonyl (C=O) groups excluding carboxylic acids is 2. The number of ketones is 1. The van der Waals surface area contributed by atoms with Crippen molar-refractivity contribution >= 4 is 29.1 Å². The van der Waals surface area contributed by atoms with Crippen LogP contribution in [0.15, 0.2) is 54.1 Å². The molecular weight excluding hydrogens is 452 g/mol. The Kier molecular flexibility index (Phi) is 9.13. The fourth-order valence-corrected chi connectivity index (χ4v) is 4.24. The molecule has 2 aromatic rings. The van der Waals surface area contributed by atoms with Gasteiger partial charge in [0.05, 0.1) is 18.2 Å². The fourth-order valence-electron chi connectivity index (χ4n) is 4.12. The number of halogens is 1. The number of aliphatic hydroxyl groups is 1. The number of hydrogen-bond donors (Lipinski definition) is 1. The van der Waals surface area contributed by atoms with Crippen molar-refractivity contribution < 1.29 is 19.4 Å². The summed E-state index contributed by atoms with van der Waals surface area (Å²) in [5.74, 6) is -0.825. The lowest BCUT2D eigenvalue weighted by molar-refractivity contribution is -0.140. The third-order valence-corrected chi connectivity index (χ3v) is 6.40. The normalized spacial score (nSPS) is 17.6. The molecule has 0 radical (unpaired) electrons. The van der Waals surface area contributed by atoms with Gasteiger partial charge in [-0.25, -0.2) is 0 Å². The number of nitrogens with zero attached hydrogens (tertiary/aromatic N) is 2. The molecule has 34 heavy (non-hydrogen) atoms. The summed E-state index contributed by atoms with van der Waals surface area (Å²) in [6, 6.07) is 13.3. The molecular formula is C27H33ClN2O4. The predicted molar refractivity (Wildman–Crippen MR) is 135 cm³/mol. The number of Topliss-reactive ketones (excluding diaryl/α,β-unsaturated/α-hetero) is 1. The van der Waals surface area contributed by atoms with Crippen molar-refractivity contribution in [3.63, 3.8) is 0 Å². The lowest BCUT2D eigenvalue weighted by Gasteiger charge is -2.28. The minimum absolute atomic E-state index is 0.0811. The minimum Gasteiger partial charge on any atom is -0.507 e. The highest BCUT2D eigenvalue weighted by molar-refractivity contribution is 6.46. The molecule has 182 valence electrons. The van der Waals surface area contributed by atoms with Gasteiger partial charge in [-0.3, -0.25) is 9.59 Å². The van der Waals surface area contributed by atoms with Gasteiger partial charge in [0.1, 0.15) is 11.5 Å². The Hall–Kier alpha value is -2.83. The summed E-state index contributed by atoms with van der Waals surface area (Å²) < 4.78 is 5.87. The van der Waals surface area contributed by atoms with E-state index < -0.39 is 17.7 Å². The highest BCUT2D eigenvalue weighted by atomic mass is 35.5. The number of aliphatic hydroxyl groups excluding tert-OH is 1. The van der Waals surface area contributed by atoms with E-state index in [-0.39, 0.29) is 11.3 Å². The number of rotatable bonds is 11. The van der Waals surface area contributed by atoms with Gasteiger partial charge in [0.2, 0.25) is 0 Å². The molecule has 6 nitrogen and oxygen atoms in total. The van der Waals surface area contributed by atoms with Crippen molar-refractivity contribution in [2.45, 2.75) is 39.7 Å². The number of benzene rings is 2. The van der Waals surface area contributed by atoms with E-state index in [2.05, 4.69) is 25.7 Å². The molecule has 0 aliphatic carbocycles. The van der Waals surface area contributed by atoms with E-state index in [9.17, 15) is 14.7 Å². The van der Waals surface area contributed by atoms with Crippen LogP contribution in [-0.4, -0.2) is 59.4 Å². The van der Waals surface area contributed by atoms with Crippen molar-refractivity contribution in [2.75, 3.05) is 32.8 Å². The first-order valence-electron chi connectivity index (χ1n) is 11.9. The smallest absolute Gasteiger partial charge is 0.295 e. The summed E-state index contributed by atoms with van der Waals surface area (Å²) in [7, 11) is 0. The number of likely N-dealkylation sites (N-methyl/N-ethyl adjacent to an activating group) is 1. The zero-order valence-electron chi connectivity index (χ0n) is 20.1. The summed E-state index contributed by atoms with van der Waals surface area (Å²) >= 11 is 6.00. The number of likely N-dealkylation sites (tertiary alicyclic amines) is 1. The van der Waals surface area contributed by atoms with Crippen molar-refractivity contribution in [1.29, 1.82) is 0 Å². The van der Waals surface area contributed by atoms with E-state index in [1.807, 2.05) is 24.3 Å². The number of unbranched alkanes of at least 4 members (excludes halogenated alkanes) is 1. The van der Waals surface area contributed by atoms with E-state index in [0.717, 1.165) is 31.5 Å². The first-order valence-corrected chi connectivity index (χ1v) is 12.3. The second-order valence-electron chi connectivity index (χ2n) is 8.30. The van der Waals surface area contributed by atoms with Crippen LogP contribution >= 0.6 is 11.6 Å². The van der Waals surface area contributed by atoms with Crippen LogP contribution in [0.25, 0.3) is 5.76 Å². The third kappa shape index (κ3) is 5.80. The molecule has 1 saturated heterocycles. The second kappa shape index (κ2) is 12.0. The van der Waals surface area contributed by atoms with Crippen LogP contribution in [0.3, 0.4) is 0 Å². The second-order valence-corrected chi connectivity index (χ2v) is 8.74. The average Bonchev–Trinajstić information content (AvgIpc) is 3.10. The number of hydrogen-bond acceptors (Lipinski definition) is 5. The number of ether oxygens (including phenoxy) is 1. The van der Waals surface area contributed by atoms with Gasteiger partial charge in [-0.05, 0) is 61.5 Å². The Labute approximate surface area is 206 Å². The zero-order chi connectivity index (χ0) is 24.7. The molecule has 1 atom stereocenters. The van der Waals surface area contributed by atoms with Crippen LogP contribution in [0.4, 0.5) is 0 Å². The van der Waals surface area contributed by atoms with Gasteiger partial charge in [-0.15, -0.1) is 0 Å². The SMILES string of the molecule is CCCCOc1cccc(C2C(=C(O)c3ccc(Cl)cc3)C(=O)C(=O)N2CCN(CC)CC)c1. The van der Waals surface area contributed by atoms with E-state index in [4.69, 9.17) is 16.3 Å². The van der Waals surface area contributed by atoms with Gasteiger partial charge in [0.15, 0.2) is 0 Å². The molecule has 1 amide bonds. The quantitative estimate of drug-likeness (QED) is 0.203. The van der Waals surface area contributed by atoms with E-state index in [0.29, 0.717) is 36.0 Å². The number of carbonyl (C=O) groups is 2. The Balaban J connectivity index is 2.06. The van der Waals surface area contributed by atoms with Crippen molar-refractivity contribution in [3.8, 4) is 5.75 Å². The molecule has 1 heterocycles. The largest absolute Gasteiger partial charge is 0.507 e. The maximum Gasteiger partial charge on any atom is 0.295 e. The van der Waals surface area contributed by atoms with Gasteiger partial charge in [0.25, 0.3) is 11.7 Å². The van der Waals surface area contributed by atoms with Gasteiger partial charge in [-0.2, -0.15) is 0 Å². The molecule has 0 spiro atoms. The molecule has 1 aliphatic rings. The monoisotopic (exact) mass is 484 g/mol. The van der Waals surface area contributed by atoms with Crippen LogP contribution in [0.5, 0.6) is 5.75 Å². The van der Waals surface area contributed by atoms with Crippen LogP contribution in [0, 0.1) is 0 Å². The van der Waals surface area contributed by atoms with E-state index >= 15 is 0 Å². The third-order valence-electron chi connectivity index (χ3n) is 6.15. The summed E-state index contributed by atoms with van der Waals surface area (Å²) in [4.78, 5) is 30.1. The van der Waals surface area contributed by atoms with Crippen LogP contribution < -0.4 is 4.74 Å². The molecule has 1 fully saturated rings. The Morgan fingerprint density at radius 3 is 2.44 bits per heavy atom. The molecule has 0 aromatic heterocycles. The first-order chi connectivity index (χ1) is 16.4. The summed E-state index contributed by atoms with van der Waals surface area (Å²) in [5, 5.41) is 11.7. The van der Waals surface area contributed by atoms with Crippen LogP contribution in [0.1, 0.15) is 50.8 Å². The van der Waals surface area contributed by atoms with Crippen LogP contribution in [-0.2, 0) is 9.59 Å². The molecule has 7 heteroatoms. The minimum atomic E-state index is -0.707. The molecule has 0 saturated carbocycles. The fraction of sp³-hybridized carbons (Fsp3) is 0.407. The molecule has 1 unspecified atom stereocenters. The van der Waals surface area contributed by atoms with E-state index in [1.54, 1.807) is 29.2 Å². The van der Waals surface area contributed by atoms with Crippen molar-refractivity contribution in [2.24, 2.45) is 0 Å². The lowest BCUT2D eigenvalue weighted by atomic mass is 9.95. The van der Waals surface area contributed by atoms with Gasteiger partial charge in [0, 0.05) is 23.7 Å². The topological polar surface area (TPSA) is 70.1 Å². The predicted octanol–water partition coefficient (Wildman–Crippen LogP) is 5.28. The molecule has 2 aromatic carbocycles. The lowest BCUT2D eigenvalue weighted by Crippen LogP contribution is -2.38. The van der Waals surface area contributed by atoms with E-state index in [1.165, 1.54) is 0 Å². The first kappa shape index (κ1) is 25.8. The standard InChI is InChI=1S/C27H33ClN2O4/c1-4-7-17-34-22-10-8-9-20(18-22)24-23(25(31)19-11-13-21(28)14-12-19)26(32)27(33)30(24)16-15-29(5-2)6-3/h8-14,18,24,31H,4-7,15-17H2,1-3H3. The highest BCUT2D eigenvalue weighted by Gasteiger charge is 2.46. The molecule has 1 aliphatic heterocycles. The Morgan fingerprint density at radius 1 is 1.09 bits per heavy atom. The highest BCUT2D eigenvalue weighted by Crippen LogP contribution is 2.40. The molecule has 1 N–H and O–H groups in total. The van der Waals surface area contributed by atoms with Gasteiger partial charge in [-0.1, -0.05) is 50.9 Å². The zero-order valence-corrected chi connectivity index (χ0v) is 20.8. The number of amides is 1. The summed E-state index contributed by atoms with van der Waals surface area (Å²) in [6.07, 6.45) is 1.95. The maximum atomic E-state index is 13.2. The summed E-state index contributed by atoms with van der Waals surface area (Å²) in [6.45, 7) is 9.50. The maximum absolute atomic E-state index is 13.2. The van der Waals surface area contributed by atoms with Gasteiger partial charge >= 0.3 is 0 Å². The van der Waals surface area contributed by atoms with Gasteiger partial charge < -0.3 is 19.6 Å². The van der Waals surface area contributed by atoms with Crippen LogP contribution in [0.2, 0.25) is 5.02 Å². The van der Waals surface area contributed by atoms with Crippen molar-refractivity contribution in [1.82, 2.24) is 9.80 Å².